The molecule has 23 heavy (non-hydrogen) atoms. The van der Waals surface area contributed by atoms with Gasteiger partial charge in [0.2, 0.25) is 5.91 Å². The maximum Gasteiger partial charge on any atom is 0.225 e. The highest BCUT2D eigenvalue weighted by atomic mass is 16.1. The number of hydrogen-bond donors (Lipinski definition) is 2. The van der Waals surface area contributed by atoms with Crippen molar-refractivity contribution in [3.8, 4) is 0 Å². The number of nitrogens with two attached hydrogens (primary N) is 1. The van der Waals surface area contributed by atoms with E-state index in [1.165, 1.54) is 0 Å². The van der Waals surface area contributed by atoms with Crippen LogP contribution in [0.5, 0.6) is 0 Å². The van der Waals surface area contributed by atoms with E-state index in [2.05, 4.69) is 22.5 Å². The van der Waals surface area contributed by atoms with Crippen molar-refractivity contribution in [3.63, 3.8) is 0 Å². The molecule has 0 aliphatic heterocycles. The lowest BCUT2D eigenvalue weighted by Gasteiger charge is -2.09. The third kappa shape index (κ3) is 5.87. The number of rotatable bonds is 9. The second-order valence-electron chi connectivity index (χ2n) is 5.82. The number of aryl methyl sites for hydroxylation is 1. The molecule has 1 amide bonds. The third-order valence-corrected chi connectivity index (χ3v) is 3.70. The number of amides is 1. The van der Waals surface area contributed by atoms with Gasteiger partial charge in [0.05, 0.1) is 12.2 Å². The molecule has 5 heteroatoms. The first-order valence-electron chi connectivity index (χ1n) is 8.27. The predicted octanol–water partition coefficient (Wildman–Crippen LogP) is 3.09. The molecule has 0 saturated carbocycles. The summed E-state index contributed by atoms with van der Waals surface area (Å²) in [4.78, 5) is 12.1. The van der Waals surface area contributed by atoms with Crippen molar-refractivity contribution < 1.29 is 4.79 Å². The summed E-state index contributed by atoms with van der Waals surface area (Å²) >= 11 is 0. The van der Waals surface area contributed by atoms with Crippen LogP contribution in [0.1, 0.15) is 43.4 Å². The molecule has 0 radical (unpaired) electrons. The molecule has 0 aliphatic rings. The number of carbonyl (C=O) groups is 1. The van der Waals surface area contributed by atoms with Crippen LogP contribution in [-0.4, -0.2) is 22.2 Å². The van der Waals surface area contributed by atoms with Gasteiger partial charge in [0.15, 0.2) is 0 Å². The number of nitrogens with zero attached hydrogens (tertiary/aromatic N) is 2. The molecule has 0 bridgehead atoms. The molecule has 0 saturated heterocycles. The van der Waals surface area contributed by atoms with Gasteiger partial charge in [0.25, 0.3) is 0 Å². The van der Waals surface area contributed by atoms with Crippen LogP contribution in [0, 0.1) is 6.92 Å². The molecule has 2 rings (SSSR count). The van der Waals surface area contributed by atoms with Crippen molar-refractivity contribution in [2.75, 3.05) is 11.9 Å². The van der Waals surface area contributed by atoms with Gasteiger partial charge in [-0.2, -0.15) is 5.10 Å². The molecule has 0 aliphatic carbocycles. The fraction of sp³-hybridized carbons (Fsp3) is 0.444. The minimum absolute atomic E-state index is 0.0481. The quantitative estimate of drug-likeness (QED) is 0.699. The summed E-state index contributed by atoms with van der Waals surface area (Å²) in [5, 5.41) is 7.45. The highest BCUT2D eigenvalue weighted by molar-refractivity contribution is 5.89. The molecule has 1 aromatic heterocycles. The molecule has 2 aromatic rings. The topological polar surface area (TPSA) is 72.9 Å². The Morgan fingerprint density at radius 1 is 1.17 bits per heavy atom. The predicted molar refractivity (Wildman–Crippen MR) is 93.3 cm³/mol. The fourth-order valence-electron chi connectivity index (χ4n) is 2.51. The van der Waals surface area contributed by atoms with Crippen molar-refractivity contribution in [2.45, 2.75) is 45.6 Å². The standard InChI is InChI=1S/C18H26N4O/c1-15-13-17(20-18(23)11-7-2-3-8-12-19)22(21-15)14-16-9-5-4-6-10-16/h4-6,9-10,13H,2-3,7-8,11-12,14,19H2,1H3,(H,20,23). The SMILES string of the molecule is Cc1cc(NC(=O)CCCCCCN)n(Cc2ccccc2)n1. The van der Waals surface area contributed by atoms with Crippen molar-refractivity contribution in [1.82, 2.24) is 9.78 Å². The lowest BCUT2D eigenvalue weighted by atomic mass is 10.1. The summed E-state index contributed by atoms with van der Waals surface area (Å²) in [5.74, 6) is 0.810. The van der Waals surface area contributed by atoms with Gasteiger partial charge in [-0.1, -0.05) is 43.2 Å². The van der Waals surface area contributed by atoms with Gasteiger partial charge in [-0.3, -0.25) is 4.79 Å². The van der Waals surface area contributed by atoms with Crippen LogP contribution >= 0.6 is 0 Å². The second-order valence-corrected chi connectivity index (χ2v) is 5.82. The van der Waals surface area contributed by atoms with Gasteiger partial charge in [0.1, 0.15) is 5.82 Å². The molecule has 1 heterocycles. The van der Waals surface area contributed by atoms with Crippen LogP contribution in [-0.2, 0) is 11.3 Å². The van der Waals surface area contributed by atoms with Crippen LogP contribution in [0.4, 0.5) is 5.82 Å². The molecule has 124 valence electrons. The van der Waals surface area contributed by atoms with Crippen LogP contribution in [0.25, 0.3) is 0 Å². The normalized spacial score (nSPS) is 10.7. The smallest absolute Gasteiger partial charge is 0.225 e. The lowest BCUT2D eigenvalue weighted by Crippen LogP contribution is -2.15. The lowest BCUT2D eigenvalue weighted by molar-refractivity contribution is -0.116. The Morgan fingerprint density at radius 3 is 2.65 bits per heavy atom. The molecule has 0 unspecified atom stereocenters. The second kappa shape index (κ2) is 9.10. The summed E-state index contributed by atoms with van der Waals surface area (Å²) in [6.45, 7) is 3.31. The van der Waals surface area contributed by atoms with Gasteiger partial charge in [0, 0.05) is 12.5 Å². The molecule has 3 N–H and O–H groups in total. The van der Waals surface area contributed by atoms with Crippen molar-refractivity contribution in [1.29, 1.82) is 0 Å². The van der Waals surface area contributed by atoms with E-state index in [4.69, 9.17) is 5.73 Å². The van der Waals surface area contributed by atoms with Crippen LogP contribution < -0.4 is 11.1 Å². The Kier molecular flexibility index (Phi) is 6.81. The van der Waals surface area contributed by atoms with Crippen LogP contribution in [0.3, 0.4) is 0 Å². The minimum atomic E-state index is 0.0481. The average molecular weight is 314 g/mol. The number of unbranched alkanes of at least 4 members (excludes halogenated alkanes) is 3. The number of anilines is 1. The third-order valence-electron chi connectivity index (χ3n) is 3.70. The summed E-state index contributed by atoms with van der Waals surface area (Å²) in [6, 6.07) is 12.0. The number of aromatic nitrogens is 2. The van der Waals surface area contributed by atoms with Gasteiger partial charge >= 0.3 is 0 Å². The van der Waals surface area contributed by atoms with E-state index in [9.17, 15) is 4.79 Å². The summed E-state index contributed by atoms with van der Waals surface area (Å²) in [6.07, 6.45) is 4.62. The van der Waals surface area contributed by atoms with Crippen molar-refractivity contribution in [2.24, 2.45) is 5.73 Å². The molecular weight excluding hydrogens is 288 g/mol. The highest BCUT2D eigenvalue weighted by Gasteiger charge is 2.09. The summed E-state index contributed by atoms with van der Waals surface area (Å²) < 4.78 is 1.84. The van der Waals surface area contributed by atoms with E-state index >= 15 is 0 Å². The summed E-state index contributed by atoms with van der Waals surface area (Å²) in [5.41, 5.74) is 7.53. The van der Waals surface area contributed by atoms with Gasteiger partial charge in [-0.25, -0.2) is 4.68 Å². The van der Waals surface area contributed by atoms with Crippen molar-refractivity contribution in [3.05, 3.63) is 47.7 Å². The fourth-order valence-corrected chi connectivity index (χ4v) is 2.51. The number of nitrogens with one attached hydrogen (secondary N) is 1. The first kappa shape index (κ1) is 17.2. The number of hydrogen-bond acceptors (Lipinski definition) is 3. The minimum Gasteiger partial charge on any atom is -0.330 e. The average Bonchev–Trinajstić information content (AvgIpc) is 2.87. The Morgan fingerprint density at radius 2 is 1.91 bits per heavy atom. The molecule has 5 nitrogen and oxygen atoms in total. The molecule has 0 atom stereocenters. The largest absolute Gasteiger partial charge is 0.330 e. The Balaban J connectivity index is 1.88. The Bertz CT molecular complexity index is 607. The van der Waals surface area contributed by atoms with Gasteiger partial charge in [-0.15, -0.1) is 0 Å². The monoisotopic (exact) mass is 314 g/mol. The van der Waals surface area contributed by atoms with E-state index in [0.29, 0.717) is 13.0 Å². The molecular formula is C18H26N4O. The zero-order valence-corrected chi connectivity index (χ0v) is 13.8. The first-order chi connectivity index (χ1) is 11.2. The van der Waals surface area contributed by atoms with Gasteiger partial charge < -0.3 is 11.1 Å². The molecule has 0 spiro atoms. The van der Waals surface area contributed by atoms with Crippen LogP contribution in [0.15, 0.2) is 36.4 Å². The van der Waals surface area contributed by atoms with Gasteiger partial charge in [-0.05, 0) is 31.9 Å². The maximum absolute atomic E-state index is 12.1. The van der Waals surface area contributed by atoms with E-state index in [1.54, 1.807) is 0 Å². The first-order valence-corrected chi connectivity index (χ1v) is 8.27. The zero-order chi connectivity index (χ0) is 16.5. The number of carbonyl (C=O) groups excluding carboxylic acids is 1. The maximum atomic E-state index is 12.1. The number of benzene rings is 1. The molecule has 1 aromatic carbocycles. The Hall–Kier alpha value is -2.14. The van der Waals surface area contributed by atoms with E-state index in [1.807, 2.05) is 35.9 Å². The highest BCUT2D eigenvalue weighted by Crippen LogP contribution is 2.14. The van der Waals surface area contributed by atoms with E-state index in [0.717, 1.165) is 49.3 Å². The van der Waals surface area contributed by atoms with Crippen LogP contribution in [0.2, 0.25) is 0 Å². The Labute approximate surface area is 137 Å². The zero-order valence-electron chi connectivity index (χ0n) is 13.8. The van der Waals surface area contributed by atoms with E-state index in [-0.39, 0.29) is 5.91 Å². The molecule has 0 fully saturated rings. The summed E-state index contributed by atoms with van der Waals surface area (Å²) in [7, 11) is 0. The van der Waals surface area contributed by atoms with Crippen molar-refractivity contribution >= 4 is 11.7 Å². The van der Waals surface area contributed by atoms with E-state index < -0.39 is 0 Å².